The highest BCUT2D eigenvalue weighted by Gasteiger charge is 2.25. The van der Waals surface area contributed by atoms with Crippen molar-refractivity contribution in [3.63, 3.8) is 0 Å². The van der Waals surface area contributed by atoms with E-state index in [1.165, 1.54) is 7.11 Å². The fourth-order valence-electron chi connectivity index (χ4n) is 1.24. The van der Waals surface area contributed by atoms with Gasteiger partial charge in [0.15, 0.2) is 11.5 Å². The maximum absolute atomic E-state index is 12.6. The summed E-state index contributed by atoms with van der Waals surface area (Å²) in [6, 6.07) is 0. The molecule has 0 radical (unpaired) electrons. The lowest BCUT2D eigenvalue weighted by atomic mass is 10.1. The van der Waals surface area contributed by atoms with Crippen LogP contribution in [0.2, 0.25) is 0 Å². The van der Waals surface area contributed by atoms with Crippen molar-refractivity contribution in [2.24, 2.45) is 5.73 Å². The molecule has 1 rings (SSSR count). The van der Waals surface area contributed by atoms with E-state index in [4.69, 9.17) is 15.2 Å². The molecule has 1 amide bonds. The molecule has 5 nitrogen and oxygen atoms in total. The second-order valence-electron chi connectivity index (χ2n) is 2.79. The number of primary amides is 1. The molecular weight excluding hydrogens is 222 g/mol. The number of nitrogens with two attached hydrogens (primary N) is 1. The van der Waals surface area contributed by atoms with E-state index in [2.05, 4.69) is 4.98 Å². The molecule has 0 saturated heterocycles. The third-order valence-corrected chi connectivity index (χ3v) is 1.90. The predicted molar refractivity (Wildman–Crippen MR) is 50.8 cm³/mol. The Morgan fingerprint density at radius 2 is 2.06 bits per heavy atom. The Kier molecular flexibility index (Phi) is 3.60. The number of pyridine rings is 1. The van der Waals surface area contributed by atoms with Gasteiger partial charge in [-0.3, -0.25) is 4.79 Å². The van der Waals surface area contributed by atoms with Crippen LogP contribution in [0.5, 0.6) is 11.5 Å². The van der Waals surface area contributed by atoms with Crippen molar-refractivity contribution >= 4 is 5.91 Å². The van der Waals surface area contributed by atoms with Crippen LogP contribution in [0.25, 0.3) is 0 Å². The number of carbonyl (C=O) groups is 1. The van der Waals surface area contributed by atoms with Gasteiger partial charge in [-0.15, -0.1) is 0 Å². The molecule has 0 aliphatic carbocycles. The average molecular weight is 232 g/mol. The summed E-state index contributed by atoms with van der Waals surface area (Å²) in [5.74, 6) is -1.28. The number of amides is 1. The summed E-state index contributed by atoms with van der Waals surface area (Å²) in [4.78, 5) is 14.6. The fourth-order valence-corrected chi connectivity index (χ4v) is 1.24. The zero-order valence-electron chi connectivity index (χ0n) is 8.66. The quantitative estimate of drug-likeness (QED) is 0.844. The van der Waals surface area contributed by atoms with E-state index in [1.807, 2.05) is 0 Å². The van der Waals surface area contributed by atoms with Crippen molar-refractivity contribution in [2.45, 2.75) is 6.43 Å². The molecule has 88 valence electrons. The highest BCUT2D eigenvalue weighted by Crippen LogP contribution is 2.34. The molecule has 1 aromatic rings. The maximum atomic E-state index is 12.6. The van der Waals surface area contributed by atoms with Crippen molar-refractivity contribution in [3.05, 3.63) is 17.5 Å². The van der Waals surface area contributed by atoms with Gasteiger partial charge in [0, 0.05) is 0 Å². The zero-order chi connectivity index (χ0) is 12.3. The number of hydrogen-bond donors (Lipinski definition) is 1. The van der Waals surface area contributed by atoms with Gasteiger partial charge >= 0.3 is 0 Å². The summed E-state index contributed by atoms with van der Waals surface area (Å²) in [5.41, 5.74) is 4.18. The first-order valence-electron chi connectivity index (χ1n) is 4.21. The Hall–Kier alpha value is -1.92. The van der Waals surface area contributed by atoms with E-state index < -0.39 is 18.0 Å². The van der Waals surface area contributed by atoms with Crippen molar-refractivity contribution in [1.29, 1.82) is 0 Å². The van der Waals surface area contributed by atoms with Crippen molar-refractivity contribution in [1.82, 2.24) is 4.98 Å². The third-order valence-electron chi connectivity index (χ3n) is 1.90. The van der Waals surface area contributed by atoms with E-state index >= 15 is 0 Å². The number of rotatable bonds is 4. The molecule has 0 aromatic carbocycles. The first kappa shape index (κ1) is 12.2. The third kappa shape index (κ3) is 2.02. The minimum absolute atomic E-state index is 0.00579. The number of ether oxygens (including phenoxy) is 2. The van der Waals surface area contributed by atoms with E-state index in [1.54, 1.807) is 0 Å². The number of alkyl halides is 2. The molecule has 0 unspecified atom stereocenters. The maximum Gasteiger partial charge on any atom is 0.284 e. The van der Waals surface area contributed by atoms with Crippen molar-refractivity contribution in [2.75, 3.05) is 14.2 Å². The summed E-state index contributed by atoms with van der Waals surface area (Å²) in [5, 5.41) is 0. The van der Waals surface area contributed by atoms with E-state index in [-0.39, 0.29) is 17.1 Å². The van der Waals surface area contributed by atoms with Gasteiger partial charge < -0.3 is 15.2 Å². The first-order chi connectivity index (χ1) is 7.52. The molecule has 0 atom stereocenters. The highest BCUT2D eigenvalue weighted by molar-refractivity contribution is 5.98. The van der Waals surface area contributed by atoms with Crippen LogP contribution in [-0.4, -0.2) is 25.1 Å². The molecule has 0 fully saturated rings. The lowest BCUT2D eigenvalue weighted by Gasteiger charge is -2.13. The Morgan fingerprint density at radius 1 is 1.44 bits per heavy atom. The minimum Gasteiger partial charge on any atom is -0.494 e. The van der Waals surface area contributed by atoms with Gasteiger partial charge in [-0.1, -0.05) is 0 Å². The Morgan fingerprint density at radius 3 is 2.44 bits per heavy atom. The molecule has 0 bridgehead atoms. The Bertz CT molecular complexity index is 410. The van der Waals surface area contributed by atoms with Gasteiger partial charge in [0.05, 0.1) is 20.4 Å². The smallest absolute Gasteiger partial charge is 0.284 e. The molecule has 7 heteroatoms. The lowest BCUT2D eigenvalue weighted by Crippen LogP contribution is -2.16. The van der Waals surface area contributed by atoms with Crippen LogP contribution in [0.15, 0.2) is 6.20 Å². The normalized spacial score (nSPS) is 10.3. The molecule has 0 aliphatic rings. The molecule has 0 spiro atoms. The van der Waals surface area contributed by atoms with Crippen LogP contribution in [0.4, 0.5) is 8.78 Å². The van der Waals surface area contributed by atoms with Crippen LogP contribution in [0.3, 0.4) is 0 Å². The van der Waals surface area contributed by atoms with E-state index in [9.17, 15) is 13.6 Å². The number of nitrogens with zero attached hydrogens (tertiary/aromatic N) is 1. The number of hydrogen-bond acceptors (Lipinski definition) is 4. The molecule has 1 heterocycles. The van der Waals surface area contributed by atoms with Crippen molar-refractivity contribution < 1.29 is 23.0 Å². The van der Waals surface area contributed by atoms with Crippen LogP contribution in [0, 0.1) is 0 Å². The van der Waals surface area contributed by atoms with Crippen LogP contribution >= 0.6 is 0 Å². The number of methoxy groups -OCH3 is 2. The van der Waals surface area contributed by atoms with Gasteiger partial charge in [-0.25, -0.2) is 13.8 Å². The number of carbonyl (C=O) groups excluding carboxylic acids is 1. The average Bonchev–Trinajstić information content (AvgIpc) is 2.26. The lowest BCUT2D eigenvalue weighted by molar-refractivity contribution is 0.0991. The highest BCUT2D eigenvalue weighted by atomic mass is 19.3. The zero-order valence-corrected chi connectivity index (χ0v) is 8.66. The van der Waals surface area contributed by atoms with Gasteiger partial charge in [-0.05, 0) is 0 Å². The Labute approximate surface area is 90.2 Å². The van der Waals surface area contributed by atoms with E-state index in [0.29, 0.717) is 0 Å². The van der Waals surface area contributed by atoms with Gasteiger partial charge in [0.1, 0.15) is 11.3 Å². The summed E-state index contributed by atoms with van der Waals surface area (Å²) in [6.07, 6.45) is -1.86. The molecule has 2 N–H and O–H groups in total. The summed E-state index contributed by atoms with van der Waals surface area (Å²) in [7, 11) is 2.42. The molecule has 0 aliphatic heterocycles. The molecule has 1 aromatic heterocycles. The van der Waals surface area contributed by atoms with Gasteiger partial charge in [0.2, 0.25) is 0 Å². The topological polar surface area (TPSA) is 74.4 Å². The fraction of sp³-hybridized carbons (Fsp3) is 0.333. The molecule has 0 saturated carbocycles. The Balaban J connectivity index is 3.49. The monoisotopic (exact) mass is 232 g/mol. The van der Waals surface area contributed by atoms with Crippen LogP contribution < -0.4 is 15.2 Å². The van der Waals surface area contributed by atoms with Gasteiger partial charge in [0.25, 0.3) is 12.3 Å². The summed E-state index contributed by atoms with van der Waals surface area (Å²) in [6.45, 7) is 0. The second-order valence-corrected chi connectivity index (χ2v) is 2.79. The largest absolute Gasteiger partial charge is 0.494 e. The molecule has 16 heavy (non-hydrogen) atoms. The number of halogens is 2. The van der Waals surface area contributed by atoms with Crippen LogP contribution in [-0.2, 0) is 0 Å². The summed E-state index contributed by atoms with van der Waals surface area (Å²) < 4.78 is 34.6. The minimum atomic E-state index is -2.86. The first-order valence-corrected chi connectivity index (χ1v) is 4.21. The van der Waals surface area contributed by atoms with Crippen LogP contribution in [0.1, 0.15) is 22.5 Å². The standard InChI is InChI=1S/C9H10F2N2O3/c1-15-4-3-13-6(8(10)11)7(16-2)5(4)9(12)14/h3,8H,1-2H3,(H2,12,14). The van der Waals surface area contributed by atoms with E-state index in [0.717, 1.165) is 13.3 Å². The SMILES string of the molecule is COc1cnc(C(F)F)c(OC)c1C(N)=O. The van der Waals surface area contributed by atoms with Crippen molar-refractivity contribution in [3.8, 4) is 11.5 Å². The second kappa shape index (κ2) is 4.73. The predicted octanol–water partition coefficient (Wildman–Crippen LogP) is 1.14. The number of aromatic nitrogens is 1. The summed E-state index contributed by atoms with van der Waals surface area (Å²) >= 11 is 0. The van der Waals surface area contributed by atoms with Gasteiger partial charge in [-0.2, -0.15) is 0 Å². The molecular formula is C9H10F2N2O3.